The number of hydrogen-bond donors (Lipinski definition) is 0. The highest BCUT2D eigenvalue weighted by molar-refractivity contribution is 5.81. The number of hydrogen-bond acceptors (Lipinski definition) is 3. The lowest BCUT2D eigenvalue weighted by atomic mass is 9.75. The Bertz CT molecular complexity index is 902. The molecule has 1 heterocycles. The monoisotopic (exact) mass is 390 g/mol. The van der Waals surface area contributed by atoms with Gasteiger partial charge in [-0.25, -0.2) is 0 Å². The number of benzene rings is 2. The van der Waals surface area contributed by atoms with Gasteiger partial charge in [0.2, 0.25) is 0 Å². The van der Waals surface area contributed by atoms with Gasteiger partial charge >= 0.3 is 5.97 Å². The van der Waals surface area contributed by atoms with Crippen LogP contribution in [0.15, 0.2) is 60.7 Å². The Morgan fingerprint density at radius 2 is 1.72 bits per heavy atom. The topological polar surface area (TPSA) is 35.5 Å². The lowest BCUT2D eigenvalue weighted by Gasteiger charge is -2.24. The van der Waals surface area contributed by atoms with Crippen LogP contribution < -0.4 is 4.74 Å². The molecular weight excluding hydrogens is 360 g/mol. The Balaban J connectivity index is 1.38. The zero-order chi connectivity index (χ0) is 20.6. The van der Waals surface area contributed by atoms with Gasteiger partial charge in [0.05, 0.1) is 12.0 Å². The number of fused-ring (bicyclic) bond motifs is 1. The molecule has 2 unspecified atom stereocenters. The van der Waals surface area contributed by atoms with Crippen LogP contribution in [0.25, 0.3) is 0 Å². The Kier molecular flexibility index (Phi) is 5.02. The van der Waals surface area contributed by atoms with Crippen molar-refractivity contribution in [3.05, 3.63) is 77.4 Å². The van der Waals surface area contributed by atoms with E-state index in [1.165, 1.54) is 11.1 Å². The molecule has 1 aliphatic carbocycles. The van der Waals surface area contributed by atoms with Gasteiger partial charge in [0.15, 0.2) is 0 Å². The maximum absolute atomic E-state index is 12.5. The van der Waals surface area contributed by atoms with E-state index in [0.29, 0.717) is 19.6 Å². The molecule has 2 atom stereocenters. The van der Waals surface area contributed by atoms with Crippen LogP contribution in [-0.4, -0.2) is 12.6 Å². The third-order valence-electron chi connectivity index (χ3n) is 6.37. The van der Waals surface area contributed by atoms with Crippen molar-refractivity contribution in [3.63, 3.8) is 0 Å². The number of cyclic esters (lactones) is 1. The maximum Gasteiger partial charge on any atom is 0.313 e. The van der Waals surface area contributed by atoms with Crippen molar-refractivity contribution in [2.45, 2.75) is 52.1 Å². The molecule has 2 aromatic rings. The first kappa shape index (κ1) is 19.8. The normalized spacial score (nSPS) is 23.8. The van der Waals surface area contributed by atoms with Crippen molar-refractivity contribution < 1.29 is 14.3 Å². The molecule has 2 aliphatic rings. The average molecular weight is 391 g/mol. The first-order chi connectivity index (χ1) is 13.8. The Morgan fingerprint density at radius 1 is 1.07 bits per heavy atom. The van der Waals surface area contributed by atoms with E-state index < -0.39 is 5.41 Å². The fourth-order valence-corrected chi connectivity index (χ4v) is 4.60. The highest BCUT2D eigenvalue weighted by atomic mass is 16.5. The smallest absolute Gasteiger partial charge is 0.313 e. The van der Waals surface area contributed by atoms with Crippen molar-refractivity contribution in [1.82, 2.24) is 0 Å². The molecule has 29 heavy (non-hydrogen) atoms. The van der Waals surface area contributed by atoms with Crippen LogP contribution >= 0.6 is 0 Å². The molecule has 1 saturated carbocycles. The summed E-state index contributed by atoms with van der Waals surface area (Å²) in [5.74, 6) is 1.06. The number of esters is 1. The zero-order valence-electron chi connectivity index (χ0n) is 17.7. The van der Waals surface area contributed by atoms with Gasteiger partial charge in [-0.15, -0.1) is 0 Å². The van der Waals surface area contributed by atoms with Gasteiger partial charge in [0, 0.05) is 5.92 Å². The third-order valence-corrected chi connectivity index (χ3v) is 6.37. The Labute approximate surface area is 173 Å². The molecule has 0 spiro atoms. The molecule has 3 heteroatoms. The molecule has 152 valence electrons. The summed E-state index contributed by atoms with van der Waals surface area (Å²) >= 11 is 0. The summed E-state index contributed by atoms with van der Waals surface area (Å²) in [6, 6.07) is 16.7. The van der Waals surface area contributed by atoms with E-state index in [1.807, 2.05) is 12.1 Å². The molecule has 1 aliphatic heterocycles. The Morgan fingerprint density at radius 3 is 2.38 bits per heavy atom. The minimum Gasteiger partial charge on any atom is -0.489 e. The van der Waals surface area contributed by atoms with E-state index in [4.69, 9.17) is 9.47 Å². The number of carbonyl (C=O) groups is 1. The van der Waals surface area contributed by atoms with E-state index in [-0.39, 0.29) is 17.3 Å². The first-order valence-electron chi connectivity index (χ1n) is 10.4. The quantitative estimate of drug-likeness (QED) is 0.491. The summed E-state index contributed by atoms with van der Waals surface area (Å²) in [5, 5.41) is 0. The number of carbonyl (C=O) groups excluding carboxylic acids is 1. The summed E-state index contributed by atoms with van der Waals surface area (Å²) in [7, 11) is 0. The second-order valence-corrected chi connectivity index (χ2v) is 9.64. The van der Waals surface area contributed by atoms with Crippen LogP contribution in [0, 0.1) is 11.3 Å². The molecule has 0 bridgehead atoms. The van der Waals surface area contributed by atoms with Crippen molar-refractivity contribution in [1.29, 1.82) is 0 Å². The fraction of sp³-hybridized carbons (Fsp3) is 0.423. The second-order valence-electron chi connectivity index (χ2n) is 9.64. The predicted molar refractivity (Wildman–Crippen MR) is 115 cm³/mol. The maximum atomic E-state index is 12.5. The van der Waals surface area contributed by atoms with Crippen LogP contribution in [0.5, 0.6) is 5.75 Å². The van der Waals surface area contributed by atoms with Crippen LogP contribution in [0.4, 0.5) is 0 Å². The molecule has 4 rings (SSSR count). The SMILES string of the molecule is C=C1CC2COC(=O)C2(Cc2ccc(OCc3ccc(C(C)(C)C)cc3)cc2)C1. The van der Waals surface area contributed by atoms with Gasteiger partial charge in [-0.2, -0.15) is 0 Å². The first-order valence-corrected chi connectivity index (χ1v) is 10.4. The van der Waals surface area contributed by atoms with Crippen molar-refractivity contribution in [2.75, 3.05) is 6.61 Å². The van der Waals surface area contributed by atoms with E-state index in [9.17, 15) is 4.79 Å². The van der Waals surface area contributed by atoms with E-state index in [1.54, 1.807) is 0 Å². The summed E-state index contributed by atoms with van der Waals surface area (Å²) in [6.07, 6.45) is 2.37. The molecule has 2 fully saturated rings. The van der Waals surface area contributed by atoms with Gasteiger partial charge in [-0.1, -0.05) is 69.3 Å². The molecule has 0 N–H and O–H groups in total. The highest BCUT2D eigenvalue weighted by Gasteiger charge is 2.55. The summed E-state index contributed by atoms with van der Waals surface area (Å²) in [5.41, 5.74) is 4.54. The lowest BCUT2D eigenvalue weighted by molar-refractivity contribution is -0.146. The summed E-state index contributed by atoms with van der Waals surface area (Å²) in [4.78, 5) is 12.5. The third kappa shape index (κ3) is 3.96. The van der Waals surface area contributed by atoms with Gasteiger partial charge < -0.3 is 9.47 Å². The Hall–Kier alpha value is -2.55. The zero-order valence-corrected chi connectivity index (χ0v) is 17.7. The van der Waals surface area contributed by atoms with Crippen LogP contribution in [-0.2, 0) is 28.0 Å². The van der Waals surface area contributed by atoms with E-state index in [0.717, 1.165) is 29.7 Å². The number of rotatable bonds is 5. The molecule has 0 radical (unpaired) electrons. The molecule has 3 nitrogen and oxygen atoms in total. The van der Waals surface area contributed by atoms with Gasteiger partial charge in [0.1, 0.15) is 12.4 Å². The fourth-order valence-electron chi connectivity index (χ4n) is 4.60. The number of ether oxygens (including phenoxy) is 2. The van der Waals surface area contributed by atoms with Crippen molar-refractivity contribution in [3.8, 4) is 5.75 Å². The van der Waals surface area contributed by atoms with Gasteiger partial charge in [-0.05, 0) is 53.5 Å². The summed E-state index contributed by atoms with van der Waals surface area (Å²) < 4.78 is 11.3. The highest BCUT2D eigenvalue weighted by Crippen LogP contribution is 2.52. The minimum atomic E-state index is -0.408. The molecule has 0 aromatic heterocycles. The van der Waals surface area contributed by atoms with Gasteiger partial charge in [-0.3, -0.25) is 4.79 Å². The summed E-state index contributed by atoms with van der Waals surface area (Å²) in [6.45, 7) is 11.8. The molecular formula is C26H30O3. The van der Waals surface area contributed by atoms with Crippen molar-refractivity contribution in [2.24, 2.45) is 11.3 Å². The second kappa shape index (κ2) is 7.37. The van der Waals surface area contributed by atoms with E-state index >= 15 is 0 Å². The van der Waals surface area contributed by atoms with Gasteiger partial charge in [0.25, 0.3) is 0 Å². The van der Waals surface area contributed by atoms with Crippen LogP contribution in [0.2, 0.25) is 0 Å². The number of allylic oxidation sites excluding steroid dienone is 1. The predicted octanol–water partition coefficient (Wildman–Crippen LogP) is 5.62. The molecule has 2 aromatic carbocycles. The lowest BCUT2D eigenvalue weighted by Crippen LogP contribution is -2.31. The standard InChI is InChI=1S/C26H30O3/c1-18-13-22-17-29-24(27)26(22,14-18)15-19-7-11-23(12-8-19)28-16-20-5-9-21(10-6-20)25(2,3)4/h5-12,22H,1,13-17H2,2-4H3. The minimum absolute atomic E-state index is 0.0554. The van der Waals surface area contributed by atoms with E-state index in [2.05, 4.69) is 63.7 Å². The van der Waals surface area contributed by atoms with Crippen LogP contribution in [0.1, 0.15) is 50.3 Å². The average Bonchev–Trinajstić information content (AvgIpc) is 3.15. The molecule has 0 amide bonds. The molecule has 1 saturated heterocycles. The largest absolute Gasteiger partial charge is 0.489 e. The van der Waals surface area contributed by atoms with Crippen molar-refractivity contribution >= 4 is 5.97 Å². The van der Waals surface area contributed by atoms with Crippen LogP contribution in [0.3, 0.4) is 0 Å².